The molecule has 1 unspecified atom stereocenters. The first-order chi connectivity index (χ1) is 6.92. The molecule has 0 radical (unpaired) electrons. The van der Waals surface area contributed by atoms with E-state index in [0.717, 1.165) is 0 Å². The molecule has 7 heteroatoms. The first kappa shape index (κ1) is 12.5. The lowest BCUT2D eigenvalue weighted by Crippen LogP contribution is -2.35. The Hall–Kier alpha value is -0.530. The fraction of sp³-hybridized carbons (Fsp3) is 0.500. The molecule has 1 heterocycles. The smallest absolute Gasteiger partial charge is 0.401 e. The molecule has 0 fully saturated rings. The molecule has 0 aromatic carbocycles. The molecule has 0 spiro atoms. The van der Waals surface area contributed by atoms with Crippen molar-refractivity contribution in [1.29, 1.82) is 0 Å². The van der Waals surface area contributed by atoms with E-state index in [2.05, 4.69) is 21.2 Å². The second-order valence-electron chi connectivity index (χ2n) is 2.93. The highest BCUT2D eigenvalue weighted by molar-refractivity contribution is 9.10. The highest BCUT2D eigenvalue weighted by Gasteiger charge is 2.28. The fourth-order valence-corrected chi connectivity index (χ4v) is 1.37. The van der Waals surface area contributed by atoms with Gasteiger partial charge in [0.2, 0.25) is 0 Å². The van der Waals surface area contributed by atoms with E-state index < -0.39 is 18.8 Å². The summed E-state index contributed by atoms with van der Waals surface area (Å²) >= 11 is 3.06. The van der Waals surface area contributed by atoms with Crippen molar-refractivity contribution in [3.05, 3.63) is 22.6 Å². The Balaban J connectivity index is 2.57. The van der Waals surface area contributed by atoms with E-state index in [4.69, 9.17) is 10.2 Å². The summed E-state index contributed by atoms with van der Waals surface area (Å²) in [6, 6.07) is 2.55. The van der Waals surface area contributed by atoms with Gasteiger partial charge >= 0.3 is 6.18 Å². The van der Waals surface area contributed by atoms with Gasteiger partial charge in [0, 0.05) is 6.54 Å². The van der Waals surface area contributed by atoms with Gasteiger partial charge in [0.1, 0.15) is 5.76 Å². The van der Waals surface area contributed by atoms with Crippen molar-refractivity contribution < 1.29 is 17.6 Å². The third-order valence-corrected chi connectivity index (χ3v) is 2.15. The molecule has 1 aromatic heterocycles. The molecule has 0 saturated heterocycles. The molecule has 0 aliphatic carbocycles. The van der Waals surface area contributed by atoms with Crippen molar-refractivity contribution in [2.45, 2.75) is 12.2 Å². The monoisotopic (exact) mass is 286 g/mol. The van der Waals surface area contributed by atoms with Crippen LogP contribution in [0.4, 0.5) is 13.2 Å². The van der Waals surface area contributed by atoms with E-state index in [1.54, 1.807) is 12.1 Å². The van der Waals surface area contributed by atoms with Gasteiger partial charge < -0.3 is 10.2 Å². The number of nitrogens with two attached hydrogens (primary N) is 1. The Morgan fingerprint density at radius 1 is 1.47 bits per heavy atom. The minimum atomic E-state index is -4.25. The summed E-state index contributed by atoms with van der Waals surface area (Å²) in [5.74, 6) is 0.383. The van der Waals surface area contributed by atoms with Crippen LogP contribution in [0.1, 0.15) is 11.8 Å². The second kappa shape index (κ2) is 5.00. The number of nitrogens with one attached hydrogen (secondary N) is 1. The first-order valence-electron chi connectivity index (χ1n) is 4.18. The SMILES string of the molecule is NCC(NCC(F)(F)F)c1ccc(Br)o1. The molecule has 15 heavy (non-hydrogen) atoms. The number of hydrogen-bond donors (Lipinski definition) is 2. The summed E-state index contributed by atoms with van der Waals surface area (Å²) in [7, 11) is 0. The number of halogens is 4. The molecule has 0 saturated carbocycles. The van der Waals surface area contributed by atoms with Gasteiger partial charge in [0.25, 0.3) is 0 Å². The summed E-state index contributed by atoms with van der Waals surface area (Å²) in [6.07, 6.45) is -4.25. The van der Waals surface area contributed by atoms with Crippen LogP contribution < -0.4 is 11.1 Å². The molecular weight excluding hydrogens is 277 g/mol. The van der Waals surface area contributed by atoms with Gasteiger partial charge in [-0.25, -0.2) is 0 Å². The molecular formula is C8H10BrF3N2O. The highest BCUT2D eigenvalue weighted by atomic mass is 79.9. The molecule has 86 valence electrons. The lowest BCUT2D eigenvalue weighted by Gasteiger charge is -2.15. The standard InChI is InChI=1S/C8H10BrF3N2O/c9-7-2-1-6(15-7)5(3-13)14-4-8(10,11)12/h1-2,5,14H,3-4,13H2. The maximum atomic E-state index is 11.9. The minimum absolute atomic E-state index is 0.0377. The van der Waals surface area contributed by atoms with Crippen LogP contribution in [0.2, 0.25) is 0 Å². The molecule has 0 aliphatic rings. The summed E-state index contributed by atoms with van der Waals surface area (Å²) in [5, 5.41) is 2.27. The fourth-order valence-electron chi connectivity index (χ4n) is 1.05. The summed E-state index contributed by atoms with van der Waals surface area (Å²) in [6.45, 7) is -1.05. The topological polar surface area (TPSA) is 51.2 Å². The van der Waals surface area contributed by atoms with Gasteiger partial charge in [0.05, 0.1) is 12.6 Å². The van der Waals surface area contributed by atoms with E-state index in [9.17, 15) is 13.2 Å². The maximum absolute atomic E-state index is 11.9. The van der Waals surface area contributed by atoms with Crippen LogP contribution >= 0.6 is 15.9 Å². The summed E-state index contributed by atoms with van der Waals surface area (Å²) < 4.78 is 41.4. The van der Waals surface area contributed by atoms with Crippen LogP contribution in [-0.4, -0.2) is 19.3 Å². The molecule has 3 nitrogen and oxygen atoms in total. The van der Waals surface area contributed by atoms with Crippen molar-refractivity contribution >= 4 is 15.9 Å². The van der Waals surface area contributed by atoms with E-state index in [1.165, 1.54) is 0 Å². The Labute approximate surface area is 92.9 Å². The van der Waals surface area contributed by atoms with Gasteiger partial charge in [-0.05, 0) is 28.1 Å². The normalized spacial score (nSPS) is 14.2. The Morgan fingerprint density at radius 2 is 2.13 bits per heavy atom. The second-order valence-corrected chi connectivity index (χ2v) is 3.71. The van der Waals surface area contributed by atoms with Crippen molar-refractivity contribution in [3.8, 4) is 0 Å². The number of hydrogen-bond acceptors (Lipinski definition) is 3. The van der Waals surface area contributed by atoms with Crippen LogP contribution in [0.25, 0.3) is 0 Å². The van der Waals surface area contributed by atoms with Crippen molar-refractivity contribution in [3.63, 3.8) is 0 Å². The van der Waals surface area contributed by atoms with E-state index in [0.29, 0.717) is 10.4 Å². The zero-order valence-corrected chi connectivity index (χ0v) is 9.23. The molecule has 3 N–H and O–H groups in total. The molecule has 1 aromatic rings. The van der Waals surface area contributed by atoms with Gasteiger partial charge in [-0.3, -0.25) is 5.32 Å². The molecule has 1 atom stereocenters. The van der Waals surface area contributed by atoms with E-state index in [1.807, 2.05) is 0 Å². The zero-order valence-electron chi connectivity index (χ0n) is 7.64. The van der Waals surface area contributed by atoms with Gasteiger partial charge in [0.15, 0.2) is 4.67 Å². The highest BCUT2D eigenvalue weighted by Crippen LogP contribution is 2.21. The van der Waals surface area contributed by atoms with Crippen molar-refractivity contribution in [1.82, 2.24) is 5.32 Å². The van der Waals surface area contributed by atoms with Crippen LogP contribution in [0.15, 0.2) is 21.2 Å². The third-order valence-electron chi connectivity index (χ3n) is 1.72. The predicted molar refractivity (Wildman–Crippen MR) is 52.3 cm³/mol. The molecule has 0 amide bonds. The van der Waals surface area contributed by atoms with Crippen LogP contribution in [0.5, 0.6) is 0 Å². The number of alkyl halides is 3. The summed E-state index contributed by atoms with van der Waals surface area (Å²) in [5.41, 5.74) is 5.34. The average molecular weight is 287 g/mol. The zero-order chi connectivity index (χ0) is 11.5. The van der Waals surface area contributed by atoms with Crippen molar-refractivity contribution in [2.75, 3.05) is 13.1 Å². The molecule has 1 rings (SSSR count). The van der Waals surface area contributed by atoms with Gasteiger partial charge in [-0.15, -0.1) is 0 Å². The van der Waals surface area contributed by atoms with Crippen LogP contribution in [-0.2, 0) is 0 Å². The summed E-state index contributed by atoms with van der Waals surface area (Å²) in [4.78, 5) is 0. The third kappa shape index (κ3) is 4.23. The number of rotatable bonds is 4. The quantitative estimate of drug-likeness (QED) is 0.892. The lowest BCUT2D eigenvalue weighted by molar-refractivity contribution is -0.126. The van der Waals surface area contributed by atoms with Crippen molar-refractivity contribution in [2.24, 2.45) is 5.73 Å². The first-order valence-corrected chi connectivity index (χ1v) is 4.97. The van der Waals surface area contributed by atoms with E-state index >= 15 is 0 Å². The maximum Gasteiger partial charge on any atom is 0.401 e. The van der Waals surface area contributed by atoms with E-state index in [-0.39, 0.29) is 6.54 Å². The molecule has 0 bridgehead atoms. The minimum Gasteiger partial charge on any atom is -0.453 e. The predicted octanol–water partition coefficient (Wildman–Crippen LogP) is 2.19. The average Bonchev–Trinajstić information content (AvgIpc) is 2.51. The van der Waals surface area contributed by atoms with Gasteiger partial charge in [-0.1, -0.05) is 0 Å². The van der Waals surface area contributed by atoms with Crippen LogP contribution in [0.3, 0.4) is 0 Å². The lowest BCUT2D eigenvalue weighted by atomic mass is 10.2. The Bertz CT molecular complexity index is 313. The molecule has 0 aliphatic heterocycles. The van der Waals surface area contributed by atoms with Gasteiger partial charge in [-0.2, -0.15) is 13.2 Å². The largest absolute Gasteiger partial charge is 0.453 e. The Morgan fingerprint density at radius 3 is 2.53 bits per heavy atom. The number of furan rings is 1. The van der Waals surface area contributed by atoms with Crippen LogP contribution in [0, 0.1) is 0 Å². The Kier molecular flexibility index (Phi) is 4.18.